The highest BCUT2D eigenvalue weighted by atomic mass is 32.2. The third-order valence-electron chi connectivity index (χ3n) is 2.67. The normalized spacial score (nSPS) is 17.8. The van der Waals surface area contributed by atoms with Crippen LogP contribution in [0.4, 0.5) is 0 Å². The van der Waals surface area contributed by atoms with Crippen molar-refractivity contribution in [2.45, 2.75) is 31.8 Å². The lowest BCUT2D eigenvalue weighted by molar-refractivity contribution is 0.198. The summed E-state index contributed by atoms with van der Waals surface area (Å²) in [4.78, 5) is 1.92. The highest BCUT2D eigenvalue weighted by molar-refractivity contribution is 7.89. The van der Waals surface area contributed by atoms with Crippen molar-refractivity contribution in [1.82, 2.24) is 14.1 Å². The zero-order valence-corrected chi connectivity index (χ0v) is 11.2. The number of nitrogens with zero attached hydrogens (tertiary/aromatic N) is 3. The van der Waals surface area contributed by atoms with Crippen LogP contribution in [0.5, 0.6) is 0 Å². The van der Waals surface area contributed by atoms with Crippen LogP contribution in [0.2, 0.25) is 0 Å². The zero-order chi connectivity index (χ0) is 12.1. The summed E-state index contributed by atoms with van der Waals surface area (Å²) in [6.07, 6.45) is 2.74. The molecule has 0 saturated carbocycles. The molecule has 1 aliphatic rings. The third-order valence-corrected chi connectivity index (χ3v) is 3.82. The molecule has 2 rings (SSSR count). The van der Waals surface area contributed by atoms with Gasteiger partial charge in [0.25, 0.3) is 10.0 Å². The number of fused-ring (bicyclic) bond motifs is 1. The van der Waals surface area contributed by atoms with E-state index in [9.17, 15) is 8.42 Å². The van der Waals surface area contributed by atoms with Crippen LogP contribution in [0.25, 0.3) is 0 Å². The van der Waals surface area contributed by atoms with Gasteiger partial charge in [-0.25, -0.2) is 8.42 Å². The molecule has 0 spiro atoms. The fourth-order valence-electron chi connectivity index (χ4n) is 1.68. The van der Waals surface area contributed by atoms with Gasteiger partial charge in [-0.15, -0.1) is 0 Å². The summed E-state index contributed by atoms with van der Waals surface area (Å²) in [6, 6.07) is 0. The summed E-state index contributed by atoms with van der Waals surface area (Å²) in [7, 11) is -3.27. The maximum absolute atomic E-state index is 11.3. The second-order valence-electron chi connectivity index (χ2n) is 4.59. The zero-order valence-electron chi connectivity index (χ0n) is 9.51. The molecule has 90 valence electrons. The van der Waals surface area contributed by atoms with E-state index in [2.05, 4.69) is 22.6 Å². The summed E-state index contributed by atoms with van der Waals surface area (Å²) in [5.74, 6) is 0. The average molecular weight is 261 g/mol. The van der Waals surface area contributed by atoms with Crippen molar-refractivity contribution in [2.75, 3.05) is 6.26 Å². The van der Waals surface area contributed by atoms with Gasteiger partial charge in [0.2, 0.25) is 0 Å². The smallest absolute Gasteiger partial charge is 0.250 e. The van der Waals surface area contributed by atoms with E-state index in [0.717, 1.165) is 21.6 Å². The van der Waals surface area contributed by atoms with Gasteiger partial charge in [-0.05, 0) is 13.8 Å². The molecule has 5 nitrogen and oxygen atoms in total. The number of hydrogen-bond acceptors (Lipinski definition) is 5. The topological polar surface area (TPSA) is 55.2 Å². The molecule has 2 heterocycles. The van der Waals surface area contributed by atoms with Crippen molar-refractivity contribution in [1.29, 1.82) is 0 Å². The minimum Gasteiger partial charge on any atom is -0.279 e. The lowest BCUT2D eigenvalue weighted by atomic mass is 10.3. The molecule has 0 unspecified atom stereocenters. The van der Waals surface area contributed by atoms with E-state index in [1.54, 1.807) is 6.20 Å². The predicted octanol–water partition coefficient (Wildman–Crippen LogP) is 0.672. The van der Waals surface area contributed by atoms with Crippen molar-refractivity contribution in [3.8, 4) is 0 Å². The Hall–Kier alpha value is -0.530. The summed E-state index contributed by atoms with van der Waals surface area (Å²) < 4.78 is 23.6. The second-order valence-corrected chi connectivity index (χ2v) is 7.52. The van der Waals surface area contributed by atoms with Crippen LogP contribution < -0.4 is 0 Å². The van der Waals surface area contributed by atoms with Crippen LogP contribution in [0.15, 0.2) is 6.20 Å². The number of aromatic nitrogens is 2. The standard InChI is InChI=1S/C9H15N3O2S2/c1-9(2,15)11-4-7-5-12(16(3,13)14)10-8(7)6-11/h5,15H,4,6H2,1-3H3. The van der Waals surface area contributed by atoms with Gasteiger partial charge in [-0.1, -0.05) is 0 Å². The van der Waals surface area contributed by atoms with E-state index in [-0.39, 0.29) is 4.87 Å². The first-order chi connectivity index (χ1) is 7.18. The quantitative estimate of drug-likeness (QED) is 0.795. The van der Waals surface area contributed by atoms with E-state index >= 15 is 0 Å². The predicted molar refractivity (Wildman–Crippen MR) is 64.8 cm³/mol. The van der Waals surface area contributed by atoms with Gasteiger partial charge in [0.15, 0.2) is 0 Å². The van der Waals surface area contributed by atoms with E-state index in [0.29, 0.717) is 13.1 Å². The lowest BCUT2D eigenvalue weighted by Gasteiger charge is -2.30. The highest BCUT2D eigenvalue weighted by Gasteiger charge is 2.31. The molecule has 0 aliphatic carbocycles. The van der Waals surface area contributed by atoms with Crippen LogP contribution in [-0.4, -0.2) is 33.6 Å². The number of thiol groups is 1. The summed E-state index contributed by atoms with van der Waals surface area (Å²) >= 11 is 4.49. The molecule has 0 saturated heterocycles. The Kier molecular flexibility index (Phi) is 2.60. The van der Waals surface area contributed by atoms with Crippen molar-refractivity contribution in [2.24, 2.45) is 0 Å². The maximum atomic E-state index is 11.3. The van der Waals surface area contributed by atoms with Crippen molar-refractivity contribution in [3.05, 3.63) is 17.5 Å². The largest absolute Gasteiger partial charge is 0.279 e. The molecule has 0 amide bonds. The Balaban J connectivity index is 2.28. The van der Waals surface area contributed by atoms with Gasteiger partial charge >= 0.3 is 0 Å². The Bertz CT molecular complexity index is 490. The first-order valence-electron chi connectivity index (χ1n) is 4.93. The Labute approximate surface area is 101 Å². The maximum Gasteiger partial charge on any atom is 0.250 e. The summed E-state index contributed by atoms with van der Waals surface area (Å²) in [6.45, 7) is 5.36. The van der Waals surface area contributed by atoms with Gasteiger partial charge < -0.3 is 0 Å². The molecule has 0 radical (unpaired) electrons. The van der Waals surface area contributed by atoms with Crippen LogP contribution in [0.1, 0.15) is 25.1 Å². The van der Waals surface area contributed by atoms with E-state index in [1.165, 1.54) is 0 Å². The summed E-state index contributed by atoms with van der Waals surface area (Å²) in [5.41, 5.74) is 1.79. The molecule has 1 aromatic heterocycles. The van der Waals surface area contributed by atoms with Crippen molar-refractivity contribution < 1.29 is 8.42 Å². The van der Waals surface area contributed by atoms with Gasteiger partial charge in [-0.2, -0.15) is 21.8 Å². The van der Waals surface area contributed by atoms with Gasteiger partial charge in [0, 0.05) is 24.8 Å². The first-order valence-corrected chi connectivity index (χ1v) is 7.23. The molecule has 0 atom stereocenters. The fraction of sp³-hybridized carbons (Fsp3) is 0.667. The number of hydrogen-bond donors (Lipinski definition) is 1. The van der Waals surface area contributed by atoms with Crippen LogP contribution in [-0.2, 0) is 23.1 Å². The molecule has 7 heteroatoms. The molecule has 0 N–H and O–H groups in total. The van der Waals surface area contributed by atoms with Crippen molar-refractivity contribution >= 4 is 22.7 Å². The minimum atomic E-state index is -3.27. The van der Waals surface area contributed by atoms with E-state index in [4.69, 9.17) is 0 Å². The van der Waals surface area contributed by atoms with E-state index in [1.807, 2.05) is 13.8 Å². The van der Waals surface area contributed by atoms with Crippen LogP contribution in [0, 0.1) is 0 Å². The Morgan fingerprint density at radius 3 is 2.50 bits per heavy atom. The highest BCUT2D eigenvalue weighted by Crippen LogP contribution is 2.30. The molecule has 0 fully saturated rings. The monoisotopic (exact) mass is 261 g/mol. The average Bonchev–Trinajstić information content (AvgIpc) is 2.53. The molecule has 1 aliphatic heterocycles. The first kappa shape index (κ1) is 11.9. The fourth-order valence-corrected chi connectivity index (χ4v) is 2.39. The SMILES string of the molecule is CC(C)(S)N1Cc2cn(S(C)(=O)=O)nc2C1. The molecular weight excluding hydrogens is 246 g/mol. The lowest BCUT2D eigenvalue weighted by Crippen LogP contribution is -2.35. The molecule has 0 bridgehead atoms. The summed E-state index contributed by atoms with van der Waals surface area (Å²) in [5, 5.41) is 4.08. The molecule has 16 heavy (non-hydrogen) atoms. The van der Waals surface area contributed by atoms with Gasteiger partial charge in [0.1, 0.15) is 0 Å². The number of rotatable bonds is 2. The van der Waals surface area contributed by atoms with Crippen LogP contribution in [0.3, 0.4) is 0 Å². The third kappa shape index (κ3) is 2.11. The molecule has 1 aromatic rings. The van der Waals surface area contributed by atoms with Crippen molar-refractivity contribution in [3.63, 3.8) is 0 Å². The van der Waals surface area contributed by atoms with Gasteiger partial charge in [-0.3, -0.25) is 4.90 Å². The minimum absolute atomic E-state index is 0.219. The Morgan fingerprint density at radius 2 is 2.06 bits per heavy atom. The van der Waals surface area contributed by atoms with Gasteiger partial charge in [0.05, 0.1) is 16.8 Å². The van der Waals surface area contributed by atoms with Crippen LogP contribution >= 0.6 is 12.6 Å². The van der Waals surface area contributed by atoms with E-state index < -0.39 is 10.0 Å². The molecular formula is C9H15N3O2S2. The Morgan fingerprint density at radius 1 is 1.44 bits per heavy atom. The molecule has 0 aromatic carbocycles. The second kappa shape index (κ2) is 3.48.